The van der Waals surface area contributed by atoms with E-state index in [4.69, 9.17) is 17.2 Å². The quantitative estimate of drug-likeness (QED) is 0.757. The Labute approximate surface area is 173 Å². The molecule has 1 aliphatic heterocycles. The summed E-state index contributed by atoms with van der Waals surface area (Å²) in [7, 11) is 0. The van der Waals surface area contributed by atoms with Crippen molar-refractivity contribution in [3.8, 4) is 0 Å². The highest BCUT2D eigenvalue weighted by molar-refractivity contribution is 7.80. The van der Waals surface area contributed by atoms with Crippen LogP contribution in [0.1, 0.15) is 44.4 Å². The van der Waals surface area contributed by atoms with Gasteiger partial charge < -0.3 is 5.11 Å². The van der Waals surface area contributed by atoms with E-state index in [2.05, 4.69) is 13.8 Å². The van der Waals surface area contributed by atoms with Crippen LogP contribution in [0.3, 0.4) is 0 Å². The van der Waals surface area contributed by atoms with E-state index in [0.29, 0.717) is 10.9 Å². The van der Waals surface area contributed by atoms with E-state index in [1.807, 2.05) is 86.0 Å². The number of aryl methyl sites for hydroxylation is 2. The first-order chi connectivity index (χ1) is 13.2. The second kappa shape index (κ2) is 7.64. The molecule has 1 saturated heterocycles. The normalized spacial score (nSPS) is 21.5. The highest BCUT2D eigenvalue weighted by Crippen LogP contribution is 2.43. The lowest BCUT2D eigenvalue weighted by Crippen LogP contribution is -2.48. The van der Waals surface area contributed by atoms with E-state index < -0.39 is 5.72 Å². The van der Waals surface area contributed by atoms with Crippen molar-refractivity contribution in [2.45, 2.75) is 59.4 Å². The van der Waals surface area contributed by atoms with Gasteiger partial charge in [-0.15, -0.1) is 0 Å². The number of aliphatic hydroxyl groups is 1. The lowest BCUT2D eigenvalue weighted by atomic mass is 9.97. The van der Waals surface area contributed by atoms with Crippen molar-refractivity contribution < 1.29 is 5.11 Å². The van der Waals surface area contributed by atoms with Crippen LogP contribution in [0, 0.1) is 13.8 Å². The number of amidine groups is 1. The number of aliphatic imine (C=N–C) groups is 1. The van der Waals surface area contributed by atoms with Crippen molar-refractivity contribution in [2.75, 3.05) is 4.90 Å². The Morgan fingerprint density at radius 1 is 0.929 bits per heavy atom. The predicted molar refractivity (Wildman–Crippen MR) is 121 cm³/mol. The van der Waals surface area contributed by atoms with E-state index in [9.17, 15) is 5.11 Å². The summed E-state index contributed by atoms with van der Waals surface area (Å²) >= 11 is 5.93. The lowest BCUT2D eigenvalue weighted by molar-refractivity contribution is 0.122. The van der Waals surface area contributed by atoms with Crippen molar-refractivity contribution in [2.24, 2.45) is 4.99 Å². The molecule has 3 rings (SSSR count). The van der Waals surface area contributed by atoms with Crippen molar-refractivity contribution in [3.63, 3.8) is 0 Å². The highest BCUT2D eigenvalue weighted by Gasteiger charge is 2.55. The molecule has 4 nitrogen and oxygen atoms in total. The van der Waals surface area contributed by atoms with Crippen LogP contribution in [0.25, 0.3) is 0 Å². The van der Waals surface area contributed by atoms with E-state index in [0.717, 1.165) is 22.4 Å². The zero-order valence-electron chi connectivity index (χ0n) is 17.5. The lowest BCUT2D eigenvalue weighted by Gasteiger charge is -2.35. The number of para-hydroxylation sites is 1. The summed E-state index contributed by atoms with van der Waals surface area (Å²) in [6.45, 7) is 12.3. The Bertz CT molecular complexity index is 887. The molecule has 0 amide bonds. The highest BCUT2D eigenvalue weighted by atomic mass is 32.1. The molecule has 1 fully saturated rings. The molecule has 5 heteroatoms. The number of hydrogen-bond donors (Lipinski definition) is 1. The van der Waals surface area contributed by atoms with Gasteiger partial charge in [0.15, 0.2) is 10.9 Å². The fourth-order valence-corrected chi connectivity index (χ4v) is 4.33. The Morgan fingerprint density at radius 2 is 1.50 bits per heavy atom. The van der Waals surface area contributed by atoms with Gasteiger partial charge in [-0.1, -0.05) is 48.5 Å². The molecule has 1 N–H and O–H groups in total. The van der Waals surface area contributed by atoms with Gasteiger partial charge in [0.1, 0.15) is 0 Å². The van der Waals surface area contributed by atoms with Crippen LogP contribution in [0.2, 0.25) is 0 Å². The van der Waals surface area contributed by atoms with Crippen molar-refractivity contribution in [1.29, 1.82) is 0 Å². The fourth-order valence-electron chi connectivity index (χ4n) is 3.81. The number of thiocarbonyl (C=S) groups is 1. The first-order valence-electron chi connectivity index (χ1n) is 9.75. The number of anilines is 1. The molecule has 0 aliphatic carbocycles. The van der Waals surface area contributed by atoms with Crippen molar-refractivity contribution >= 4 is 28.9 Å². The van der Waals surface area contributed by atoms with Crippen molar-refractivity contribution in [3.05, 3.63) is 65.2 Å². The second-order valence-corrected chi connectivity index (χ2v) is 8.27. The van der Waals surface area contributed by atoms with Crippen LogP contribution in [0.15, 0.2) is 53.5 Å². The molecule has 148 valence electrons. The fraction of sp³-hybridized carbons (Fsp3) is 0.391. The average Bonchev–Trinajstić information content (AvgIpc) is 2.84. The smallest absolute Gasteiger partial charge is 0.230 e. The molecule has 0 spiro atoms. The van der Waals surface area contributed by atoms with Crippen LogP contribution in [0.4, 0.5) is 5.69 Å². The SMILES string of the molecule is Cc1cccc(C)c1N1C(=S)N(C(C)C)C(=NC(C)C)C1(O)c1ccccc1. The number of hydrogen-bond acceptors (Lipinski definition) is 3. The summed E-state index contributed by atoms with van der Waals surface area (Å²) in [6, 6.07) is 15.9. The van der Waals surface area contributed by atoms with E-state index in [-0.39, 0.29) is 12.1 Å². The Hall–Kier alpha value is -2.24. The van der Waals surface area contributed by atoms with Crippen LogP contribution in [-0.4, -0.2) is 33.0 Å². The van der Waals surface area contributed by atoms with Gasteiger partial charge in [-0.3, -0.25) is 14.8 Å². The van der Waals surface area contributed by atoms with E-state index in [1.54, 1.807) is 0 Å². The van der Waals surface area contributed by atoms with Gasteiger partial charge in [-0.2, -0.15) is 0 Å². The molecular formula is C23H29N3OS. The molecule has 2 aromatic rings. The van der Waals surface area contributed by atoms with Crippen LogP contribution in [0.5, 0.6) is 0 Å². The largest absolute Gasteiger partial charge is 0.360 e. The first-order valence-corrected chi connectivity index (χ1v) is 10.2. The van der Waals surface area contributed by atoms with Gasteiger partial charge in [0.25, 0.3) is 0 Å². The maximum Gasteiger partial charge on any atom is 0.230 e. The molecule has 0 bridgehead atoms. The predicted octanol–water partition coefficient (Wildman–Crippen LogP) is 4.77. The maximum atomic E-state index is 12.3. The summed E-state index contributed by atoms with van der Waals surface area (Å²) in [4.78, 5) is 8.72. The molecule has 0 aromatic heterocycles. The summed E-state index contributed by atoms with van der Waals surface area (Å²) in [5.41, 5.74) is 2.34. The summed E-state index contributed by atoms with van der Waals surface area (Å²) < 4.78 is 0. The summed E-state index contributed by atoms with van der Waals surface area (Å²) in [5.74, 6) is 0.580. The molecule has 1 aliphatic rings. The van der Waals surface area contributed by atoms with Crippen molar-refractivity contribution in [1.82, 2.24) is 4.90 Å². The third-order valence-electron chi connectivity index (χ3n) is 5.00. The van der Waals surface area contributed by atoms with E-state index >= 15 is 0 Å². The minimum atomic E-state index is -1.47. The van der Waals surface area contributed by atoms with Gasteiger partial charge >= 0.3 is 0 Å². The Kier molecular flexibility index (Phi) is 5.60. The number of nitrogens with zero attached hydrogens (tertiary/aromatic N) is 3. The van der Waals surface area contributed by atoms with Gasteiger partial charge in [0.05, 0.1) is 5.69 Å². The standard InChI is InChI=1S/C23H29N3OS/c1-15(2)24-21-23(27,19-13-8-7-9-14-19)26(22(28)25(21)16(3)4)20-17(5)11-10-12-18(20)6/h7-16,27H,1-6H3. The molecular weight excluding hydrogens is 366 g/mol. The first kappa shape index (κ1) is 20.5. The molecule has 2 aromatic carbocycles. The Balaban J connectivity index is 2.37. The molecule has 1 heterocycles. The number of rotatable bonds is 4. The van der Waals surface area contributed by atoms with Crippen LogP contribution in [-0.2, 0) is 5.72 Å². The molecule has 1 atom stereocenters. The third-order valence-corrected chi connectivity index (χ3v) is 5.38. The minimum Gasteiger partial charge on any atom is -0.360 e. The average molecular weight is 396 g/mol. The maximum absolute atomic E-state index is 12.3. The van der Waals surface area contributed by atoms with Gasteiger partial charge in [-0.25, -0.2) is 0 Å². The van der Waals surface area contributed by atoms with Gasteiger partial charge in [0.2, 0.25) is 5.72 Å². The second-order valence-electron chi connectivity index (χ2n) is 7.91. The van der Waals surface area contributed by atoms with Gasteiger partial charge in [-0.05, 0) is 64.9 Å². The zero-order valence-corrected chi connectivity index (χ0v) is 18.3. The van der Waals surface area contributed by atoms with E-state index in [1.165, 1.54) is 0 Å². The topological polar surface area (TPSA) is 39.1 Å². The van der Waals surface area contributed by atoms with Crippen LogP contribution >= 0.6 is 12.2 Å². The van der Waals surface area contributed by atoms with Crippen LogP contribution < -0.4 is 4.90 Å². The summed E-state index contributed by atoms with van der Waals surface area (Å²) in [6.07, 6.45) is 0. The van der Waals surface area contributed by atoms with Gasteiger partial charge in [0, 0.05) is 17.6 Å². The molecule has 1 unspecified atom stereocenters. The zero-order chi connectivity index (χ0) is 20.6. The molecule has 0 saturated carbocycles. The number of benzene rings is 2. The third kappa shape index (κ3) is 3.23. The molecule has 28 heavy (non-hydrogen) atoms. The molecule has 0 radical (unpaired) electrons. The monoisotopic (exact) mass is 395 g/mol. The Morgan fingerprint density at radius 3 is 2.00 bits per heavy atom. The summed E-state index contributed by atoms with van der Waals surface area (Å²) in [5, 5.41) is 12.9. The minimum absolute atomic E-state index is 0.0206.